The second kappa shape index (κ2) is 4.59. The van der Waals surface area contributed by atoms with Gasteiger partial charge >= 0.3 is 0 Å². The summed E-state index contributed by atoms with van der Waals surface area (Å²) in [4.78, 5) is 0. The van der Waals surface area contributed by atoms with Gasteiger partial charge in [-0.2, -0.15) is 5.26 Å². The van der Waals surface area contributed by atoms with E-state index in [0.29, 0.717) is 5.56 Å². The Morgan fingerprint density at radius 1 is 1.57 bits per heavy atom. The average molecular weight is 254 g/mol. The lowest BCUT2D eigenvalue weighted by Gasteiger charge is -2.10. The molecule has 0 radical (unpaired) electrons. The number of hydrogen-bond acceptors (Lipinski definition) is 2. The van der Waals surface area contributed by atoms with Crippen molar-refractivity contribution in [2.45, 2.75) is 26.4 Å². The van der Waals surface area contributed by atoms with Crippen LogP contribution in [0.2, 0.25) is 0 Å². The summed E-state index contributed by atoms with van der Waals surface area (Å²) >= 11 is 3.48. The molecule has 0 aliphatic heterocycles. The average Bonchev–Trinajstić information content (AvgIpc) is 2.20. The van der Waals surface area contributed by atoms with Crippen LogP contribution >= 0.6 is 15.9 Å². The largest absolute Gasteiger partial charge is 0.374 e. The molecule has 0 bridgehead atoms. The van der Waals surface area contributed by atoms with Crippen LogP contribution in [-0.2, 0) is 6.42 Å². The first-order valence-electron chi connectivity index (χ1n) is 4.46. The number of rotatable bonds is 2. The van der Waals surface area contributed by atoms with Gasteiger partial charge in [-0.3, -0.25) is 0 Å². The normalized spacial score (nSPS) is 12.2. The standard InChI is InChI=1S/C11H12BrNO/c1-3-8-5-9(10(14)6-13)4-7(2)11(8)12/h4-5,10,14H,3H2,1-2H3. The zero-order valence-electron chi connectivity index (χ0n) is 8.21. The van der Waals surface area contributed by atoms with Gasteiger partial charge in [0.1, 0.15) is 0 Å². The number of nitrogens with zero attached hydrogens (tertiary/aromatic N) is 1. The number of aryl methyl sites for hydroxylation is 2. The second-order valence-corrected chi connectivity index (χ2v) is 3.99. The maximum atomic E-state index is 9.39. The van der Waals surface area contributed by atoms with Crippen molar-refractivity contribution in [1.82, 2.24) is 0 Å². The number of nitriles is 1. The third kappa shape index (κ3) is 2.14. The first-order valence-corrected chi connectivity index (χ1v) is 5.26. The molecule has 0 aliphatic rings. The van der Waals surface area contributed by atoms with Crippen LogP contribution in [0.4, 0.5) is 0 Å². The molecule has 0 aliphatic carbocycles. The highest BCUT2D eigenvalue weighted by Gasteiger charge is 2.10. The molecule has 0 fully saturated rings. The Balaban J connectivity index is 3.24. The number of aliphatic hydroxyl groups excluding tert-OH is 1. The van der Waals surface area contributed by atoms with E-state index in [1.807, 2.05) is 32.0 Å². The van der Waals surface area contributed by atoms with E-state index in [4.69, 9.17) is 5.26 Å². The molecule has 1 N–H and O–H groups in total. The highest BCUT2D eigenvalue weighted by atomic mass is 79.9. The van der Waals surface area contributed by atoms with Crippen LogP contribution in [0, 0.1) is 18.3 Å². The summed E-state index contributed by atoms with van der Waals surface area (Å²) in [5.41, 5.74) is 2.84. The van der Waals surface area contributed by atoms with E-state index in [0.717, 1.165) is 22.0 Å². The van der Waals surface area contributed by atoms with Gasteiger partial charge in [-0.1, -0.05) is 35.0 Å². The van der Waals surface area contributed by atoms with E-state index in [1.165, 1.54) is 0 Å². The lowest BCUT2D eigenvalue weighted by Crippen LogP contribution is -1.97. The van der Waals surface area contributed by atoms with Gasteiger partial charge in [0.2, 0.25) is 0 Å². The van der Waals surface area contributed by atoms with E-state index < -0.39 is 6.10 Å². The van der Waals surface area contributed by atoms with E-state index in [-0.39, 0.29) is 0 Å². The topological polar surface area (TPSA) is 44.0 Å². The number of benzene rings is 1. The summed E-state index contributed by atoms with van der Waals surface area (Å²) in [5.74, 6) is 0. The fraction of sp³-hybridized carbons (Fsp3) is 0.364. The Hall–Kier alpha value is -0.850. The summed E-state index contributed by atoms with van der Waals surface area (Å²) in [6.45, 7) is 4.00. The van der Waals surface area contributed by atoms with Crippen molar-refractivity contribution in [3.63, 3.8) is 0 Å². The van der Waals surface area contributed by atoms with Crippen molar-refractivity contribution in [1.29, 1.82) is 5.26 Å². The van der Waals surface area contributed by atoms with Crippen molar-refractivity contribution in [3.05, 3.63) is 33.3 Å². The SMILES string of the molecule is CCc1cc(C(O)C#N)cc(C)c1Br. The van der Waals surface area contributed by atoms with Gasteiger partial charge in [0.15, 0.2) is 6.10 Å². The van der Waals surface area contributed by atoms with Gasteiger partial charge in [0.05, 0.1) is 6.07 Å². The molecule has 3 heteroatoms. The minimum atomic E-state index is -1.02. The van der Waals surface area contributed by atoms with E-state index in [1.54, 1.807) is 0 Å². The quantitative estimate of drug-likeness (QED) is 0.824. The lowest BCUT2D eigenvalue weighted by atomic mass is 10.0. The zero-order valence-corrected chi connectivity index (χ0v) is 9.80. The first-order chi connectivity index (χ1) is 6.60. The Morgan fingerprint density at radius 2 is 2.21 bits per heavy atom. The zero-order chi connectivity index (χ0) is 10.7. The molecule has 74 valence electrons. The van der Waals surface area contributed by atoms with Crippen molar-refractivity contribution in [3.8, 4) is 6.07 Å². The molecule has 0 amide bonds. The Bertz CT molecular complexity index is 382. The monoisotopic (exact) mass is 253 g/mol. The third-order valence-corrected chi connectivity index (χ3v) is 3.31. The summed E-state index contributed by atoms with van der Waals surface area (Å²) < 4.78 is 1.06. The van der Waals surface area contributed by atoms with Gasteiger partial charge in [0, 0.05) is 4.47 Å². The van der Waals surface area contributed by atoms with Gasteiger partial charge in [0.25, 0.3) is 0 Å². The Labute approximate surface area is 92.3 Å². The smallest absolute Gasteiger partial charge is 0.165 e. The third-order valence-electron chi connectivity index (χ3n) is 2.17. The van der Waals surface area contributed by atoms with Gasteiger partial charge in [-0.05, 0) is 30.0 Å². The predicted molar refractivity (Wildman–Crippen MR) is 58.8 cm³/mol. The van der Waals surface area contributed by atoms with E-state index >= 15 is 0 Å². The van der Waals surface area contributed by atoms with Crippen molar-refractivity contribution in [2.75, 3.05) is 0 Å². The summed E-state index contributed by atoms with van der Waals surface area (Å²) in [7, 11) is 0. The van der Waals surface area contributed by atoms with Crippen LogP contribution in [0.25, 0.3) is 0 Å². The minimum absolute atomic E-state index is 0.671. The molecule has 1 aromatic carbocycles. The van der Waals surface area contributed by atoms with Gasteiger partial charge < -0.3 is 5.11 Å². The van der Waals surface area contributed by atoms with Crippen LogP contribution in [0.15, 0.2) is 16.6 Å². The molecule has 1 unspecified atom stereocenters. The molecular weight excluding hydrogens is 242 g/mol. The number of halogens is 1. The van der Waals surface area contributed by atoms with Crippen LogP contribution in [0.1, 0.15) is 29.7 Å². The maximum absolute atomic E-state index is 9.39. The molecular formula is C11H12BrNO. The van der Waals surface area contributed by atoms with E-state index in [2.05, 4.69) is 15.9 Å². The molecule has 1 atom stereocenters. The van der Waals surface area contributed by atoms with Crippen molar-refractivity contribution < 1.29 is 5.11 Å². The number of hydrogen-bond donors (Lipinski definition) is 1. The fourth-order valence-electron chi connectivity index (χ4n) is 1.36. The molecule has 1 aromatic rings. The van der Waals surface area contributed by atoms with E-state index in [9.17, 15) is 5.11 Å². The molecule has 1 rings (SSSR count). The van der Waals surface area contributed by atoms with Crippen molar-refractivity contribution in [2.24, 2.45) is 0 Å². The van der Waals surface area contributed by atoms with Crippen LogP contribution < -0.4 is 0 Å². The molecule has 2 nitrogen and oxygen atoms in total. The summed E-state index contributed by atoms with van der Waals surface area (Å²) in [6.07, 6.45) is -0.139. The van der Waals surface area contributed by atoms with Gasteiger partial charge in [-0.15, -0.1) is 0 Å². The maximum Gasteiger partial charge on any atom is 0.165 e. The van der Waals surface area contributed by atoms with Crippen LogP contribution in [0.3, 0.4) is 0 Å². The predicted octanol–water partition coefficient (Wildman–Crippen LogP) is 2.88. The first kappa shape index (κ1) is 11.2. The fourth-order valence-corrected chi connectivity index (χ4v) is 1.87. The van der Waals surface area contributed by atoms with Crippen LogP contribution in [-0.4, -0.2) is 5.11 Å². The molecule has 0 spiro atoms. The minimum Gasteiger partial charge on any atom is -0.374 e. The van der Waals surface area contributed by atoms with Crippen molar-refractivity contribution >= 4 is 15.9 Å². The van der Waals surface area contributed by atoms with Crippen LogP contribution in [0.5, 0.6) is 0 Å². The molecule has 0 saturated carbocycles. The highest BCUT2D eigenvalue weighted by Crippen LogP contribution is 2.26. The second-order valence-electron chi connectivity index (χ2n) is 3.20. The van der Waals surface area contributed by atoms with Gasteiger partial charge in [-0.25, -0.2) is 0 Å². The lowest BCUT2D eigenvalue weighted by molar-refractivity contribution is 0.235. The summed E-state index contributed by atoms with van der Waals surface area (Å²) in [6, 6.07) is 5.52. The molecule has 0 aromatic heterocycles. The molecule has 14 heavy (non-hydrogen) atoms. The Morgan fingerprint density at radius 3 is 2.71 bits per heavy atom. The molecule has 0 heterocycles. The summed E-state index contributed by atoms with van der Waals surface area (Å²) in [5, 5.41) is 18.0. The Kier molecular flexibility index (Phi) is 3.68. The highest BCUT2D eigenvalue weighted by molar-refractivity contribution is 9.10. The number of aliphatic hydroxyl groups is 1. The molecule has 0 saturated heterocycles.